The van der Waals surface area contributed by atoms with Crippen molar-refractivity contribution in [2.45, 2.75) is 52.3 Å². The third-order valence-electron chi connectivity index (χ3n) is 4.84. The van der Waals surface area contributed by atoms with Gasteiger partial charge in [-0.1, -0.05) is 63.2 Å². The van der Waals surface area contributed by atoms with Crippen LogP contribution in [0.3, 0.4) is 0 Å². The number of halogens is 1. The van der Waals surface area contributed by atoms with Crippen LogP contribution < -0.4 is 5.32 Å². The van der Waals surface area contributed by atoms with Crippen LogP contribution >= 0.6 is 0 Å². The van der Waals surface area contributed by atoms with E-state index in [1.807, 2.05) is 39.0 Å². The van der Waals surface area contributed by atoms with Crippen LogP contribution in [0.4, 0.5) is 4.39 Å². The zero-order valence-corrected chi connectivity index (χ0v) is 16.8. The van der Waals surface area contributed by atoms with Crippen molar-refractivity contribution in [2.75, 3.05) is 0 Å². The Morgan fingerprint density at radius 1 is 1.14 bits per heavy atom. The predicted octanol–water partition coefficient (Wildman–Crippen LogP) is 4.46. The van der Waals surface area contributed by atoms with Gasteiger partial charge in [-0.05, 0) is 35.1 Å². The van der Waals surface area contributed by atoms with Gasteiger partial charge in [0.25, 0.3) is 0 Å². The van der Waals surface area contributed by atoms with Crippen molar-refractivity contribution in [3.63, 3.8) is 0 Å². The maximum Gasteiger partial charge on any atom is 0.217 e. The van der Waals surface area contributed by atoms with Gasteiger partial charge in [0, 0.05) is 6.92 Å². The zero-order chi connectivity index (χ0) is 20.3. The second-order valence-corrected chi connectivity index (χ2v) is 8.31. The Bertz CT molecular complexity index is 841. The van der Waals surface area contributed by atoms with Crippen LogP contribution in [0.25, 0.3) is 0 Å². The monoisotopic (exact) mass is 382 g/mol. The highest BCUT2D eigenvalue weighted by Crippen LogP contribution is 2.35. The first-order valence-corrected chi connectivity index (χ1v) is 9.55. The molecule has 1 heterocycles. The van der Waals surface area contributed by atoms with E-state index in [4.69, 9.17) is 9.73 Å². The summed E-state index contributed by atoms with van der Waals surface area (Å²) in [6.45, 7) is 7.61. The minimum Gasteiger partial charge on any atom is -0.469 e. The molecule has 0 saturated heterocycles. The van der Waals surface area contributed by atoms with Crippen molar-refractivity contribution >= 4 is 11.8 Å². The molecule has 2 aromatic rings. The molecule has 0 aliphatic carbocycles. The molecule has 0 spiro atoms. The summed E-state index contributed by atoms with van der Waals surface area (Å²) in [5.41, 5.74) is 1.76. The quantitative estimate of drug-likeness (QED) is 0.830. The summed E-state index contributed by atoms with van der Waals surface area (Å²) in [7, 11) is 0. The molecule has 1 amide bonds. The van der Waals surface area contributed by atoms with Crippen LogP contribution in [0.1, 0.15) is 44.9 Å². The second-order valence-electron chi connectivity index (χ2n) is 8.31. The van der Waals surface area contributed by atoms with Crippen molar-refractivity contribution < 1.29 is 13.9 Å². The minimum absolute atomic E-state index is 0.129. The van der Waals surface area contributed by atoms with Crippen molar-refractivity contribution in [1.82, 2.24) is 5.32 Å². The summed E-state index contributed by atoms with van der Waals surface area (Å²) < 4.78 is 19.7. The molecule has 1 N–H and O–H groups in total. The standard InChI is InChI=1S/C23H27FN2O2/c1-15(27)25-21(23(2,3)4)22-26-19(14-16-8-6-5-7-9-16)20(28-22)17-10-12-18(24)13-11-17/h5-13,19-21H,14H2,1-4H3,(H,25,27)/t19-,20-,21+/m0/s1. The molecule has 0 aromatic heterocycles. The minimum atomic E-state index is -0.339. The zero-order valence-electron chi connectivity index (χ0n) is 16.8. The topological polar surface area (TPSA) is 50.7 Å². The van der Waals surface area contributed by atoms with Gasteiger partial charge in [-0.25, -0.2) is 9.38 Å². The Hall–Kier alpha value is -2.69. The highest BCUT2D eigenvalue weighted by molar-refractivity contribution is 5.89. The first kappa shape index (κ1) is 20.1. The van der Waals surface area contributed by atoms with Gasteiger partial charge in [0.2, 0.25) is 11.8 Å². The molecule has 1 aliphatic heterocycles. The molecule has 5 heteroatoms. The third-order valence-corrected chi connectivity index (χ3v) is 4.84. The number of benzene rings is 2. The highest BCUT2D eigenvalue weighted by Gasteiger charge is 2.40. The van der Waals surface area contributed by atoms with Gasteiger partial charge in [-0.2, -0.15) is 0 Å². The first-order valence-electron chi connectivity index (χ1n) is 9.55. The van der Waals surface area contributed by atoms with Crippen LogP contribution in [-0.4, -0.2) is 23.9 Å². The summed E-state index contributed by atoms with van der Waals surface area (Å²) in [5, 5.41) is 2.97. The Morgan fingerprint density at radius 3 is 2.36 bits per heavy atom. The summed E-state index contributed by atoms with van der Waals surface area (Å²) >= 11 is 0. The maximum atomic E-state index is 13.4. The van der Waals surface area contributed by atoms with E-state index in [9.17, 15) is 9.18 Å². The molecule has 0 saturated carbocycles. The lowest BCUT2D eigenvalue weighted by atomic mass is 9.86. The number of aliphatic imine (C=N–C) groups is 1. The maximum absolute atomic E-state index is 13.4. The normalized spacial score (nSPS) is 20.2. The SMILES string of the molecule is CC(=O)N[C@H](C1=N[C@@H](Cc2ccccc2)[C@H](c2ccc(F)cc2)O1)C(C)(C)C. The Morgan fingerprint density at radius 2 is 1.79 bits per heavy atom. The van der Waals surface area contributed by atoms with Crippen molar-refractivity contribution in [1.29, 1.82) is 0 Å². The van der Waals surface area contributed by atoms with E-state index in [1.54, 1.807) is 12.1 Å². The van der Waals surface area contributed by atoms with Crippen LogP contribution in [0, 0.1) is 11.2 Å². The number of hydrogen-bond donors (Lipinski definition) is 1. The lowest BCUT2D eigenvalue weighted by Crippen LogP contribution is -2.48. The van der Waals surface area contributed by atoms with E-state index in [0.29, 0.717) is 12.3 Å². The summed E-state index contributed by atoms with van der Waals surface area (Å²) in [6.07, 6.45) is 0.373. The largest absolute Gasteiger partial charge is 0.469 e. The van der Waals surface area contributed by atoms with E-state index < -0.39 is 0 Å². The Kier molecular flexibility index (Phi) is 5.82. The number of hydrogen-bond acceptors (Lipinski definition) is 3. The van der Waals surface area contributed by atoms with E-state index in [2.05, 4.69) is 17.4 Å². The molecule has 3 rings (SSSR count). The molecular formula is C23H27FN2O2. The molecular weight excluding hydrogens is 355 g/mol. The van der Waals surface area contributed by atoms with Crippen LogP contribution in [-0.2, 0) is 16.0 Å². The molecule has 28 heavy (non-hydrogen) atoms. The number of amides is 1. The number of carbonyl (C=O) groups excluding carboxylic acids is 1. The van der Waals surface area contributed by atoms with Crippen LogP contribution in [0.15, 0.2) is 59.6 Å². The summed E-state index contributed by atoms with van der Waals surface area (Å²) in [5.74, 6) is 0.113. The average molecular weight is 382 g/mol. The molecule has 0 radical (unpaired) electrons. The van der Waals surface area contributed by atoms with Gasteiger partial charge < -0.3 is 10.1 Å². The molecule has 0 fully saturated rings. The first-order chi connectivity index (χ1) is 13.2. The molecule has 1 aliphatic rings. The average Bonchev–Trinajstić information content (AvgIpc) is 3.03. The van der Waals surface area contributed by atoms with Crippen LogP contribution in [0.2, 0.25) is 0 Å². The van der Waals surface area contributed by atoms with Crippen molar-refractivity contribution in [2.24, 2.45) is 10.4 Å². The molecule has 2 aromatic carbocycles. The Balaban J connectivity index is 1.94. The number of nitrogens with one attached hydrogen (secondary N) is 1. The van der Waals surface area contributed by atoms with Crippen LogP contribution in [0.5, 0.6) is 0 Å². The van der Waals surface area contributed by atoms with Crippen molar-refractivity contribution in [3.05, 3.63) is 71.5 Å². The second kappa shape index (κ2) is 8.13. The lowest BCUT2D eigenvalue weighted by molar-refractivity contribution is -0.120. The van der Waals surface area contributed by atoms with Gasteiger partial charge in [0.15, 0.2) is 0 Å². The van der Waals surface area contributed by atoms with Gasteiger partial charge in [-0.3, -0.25) is 4.79 Å². The molecule has 3 atom stereocenters. The van der Waals surface area contributed by atoms with Crippen molar-refractivity contribution in [3.8, 4) is 0 Å². The molecule has 0 bridgehead atoms. The van der Waals surface area contributed by atoms with E-state index in [1.165, 1.54) is 19.1 Å². The predicted molar refractivity (Wildman–Crippen MR) is 109 cm³/mol. The summed E-state index contributed by atoms with van der Waals surface area (Å²) in [4.78, 5) is 16.6. The van der Waals surface area contributed by atoms with Gasteiger partial charge in [-0.15, -0.1) is 0 Å². The fourth-order valence-corrected chi connectivity index (χ4v) is 3.42. The van der Waals surface area contributed by atoms with Gasteiger partial charge in [0.05, 0.1) is 6.04 Å². The van der Waals surface area contributed by atoms with E-state index >= 15 is 0 Å². The number of ether oxygens (including phenoxy) is 1. The lowest BCUT2D eigenvalue weighted by Gasteiger charge is -2.31. The molecule has 0 unspecified atom stereocenters. The summed E-state index contributed by atoms with van der Waals surface area (Å²) in [6, 6.07) is 16.0. The fourth-order valence-electron chi connectivity index (χ4n) is 3.42. The van der Waals surface area contributed by atoms with E-state index in [-0.39, 0.29) is 35.3 Å². The van der Waals surface area contributed by atoms with Gasteiger partial charge >= 0.3 is 0 Å². The third kappa shape index (κ3) is 4.77. The Labute approximate surface area is 165 Å². The number of carbonyl (C=O) groups is 1. The smallest absolute Gasteiger partial charge is 0.217 e. The molecule has 148 valence electrons. The highest BCUT2D eigenvalue weighted by atomic mass is 19.1. The van der Waals surface area contributed by atoms with E-state index in [0.717, 1.165) is 11.1 Å². The van der Waals surface area contributed by atoms with Gasteiger partial charge in [0.1, 0.15) is 18.0 Å². The number of rotatable bonds is 5. The fraction of sp³-hybridized carbons (Fsp3) is 0.391. The number of nitrogens with zero attached hydrogens (tertiary/aromatic N) is 1. The molecule has 4 nitrogen and oxygen atoms in total.